The highest BCUT2D eigenvalue weighted by atomic mass is 16.5. The van der Waals surface area contributed by atoms with Gasteiger partial charge in [0.1, 0.15) is 17.3 Å². The van der Waals surface area contributed by atoms with Crippen molar-refractivity contribution in [2.45, 2.75) is 97.8 Å². The number of hydrogen-bond donors (Lipinski definition) is 0. The molecule has 5 nitrogen and oxygen atoms in total. The van der Waals surface area contributed by atoms with E-state index in [0.717, 1.165) is 34.0 Å². The van der Waals surface area contributed by atoms with Crippen LogP contribution in [0.3, 0.4) is 0 Å². The fourth-order valence-electron chi connectivity index (χ4n) is 8.15. The molecule has 0 radical (unpaired) electrons. The highest BCUT2D eigenvalue weighted by Crippen LogP contribution is 2.43. The number of anilines is 2. The lowest BCUT2D eigenvalue weighted by molar-refractivity contribution is 0.479. The van der Waals surface area contributed by atoms with E-state index in [0.29, 0.717) is 6.67 Å². The molecule has 0 spiro atoms. The van der Waals surface area contributed by atoms with Crippen LogP contribution in [0.5, 0.6) is 11.5 Å². The number of benzene rings is 5. The lowest BCUT2D eigenvalue weighted by atomic mass is 9.81. The molecule has 0 unspecified atom stereocenters. The second kappa shape index (κ2) is 14.2. The Hall–Kier alpha value is -5.81. The van der Waals surface area contributed by atoms with E-state index in [4.69, 9.17) is 9.72 Å². The average molecular weight is 767 g/mol. The van der Waals surface area contributed by atoms with E-state index >= 15 is 0 Å². The molecule has 296 valence electrons. The van der Waals surface area contributed by atoms with Gasteiger partial charge in [0.05, 0.1) is 17.7 Å². The minimum absolute atomic E-state index is 0.00339. The zero-order chi connectivity index (χ0) is 41.2. The van der Waals surface area contributed by atoms with Crippen LogP contribution in [0.2, 0.25) is 0 Å². The normalized spacial score (nSPS) is 14.1. The zero-order valence-corrected chi connectivity index (χ0v) is 36.2. The van der Waals surface area contributed by atoms with Crippen molar-refractivity contribution in [1.29, 1.82) is 0 Å². The van der Waals surface area contributed by atoms with E-state index in [2.05, 4.69) is 224 Å². The summed E-state index contributed by atoms with van der Waals surface area (Å²) in [5, 5.41) is 2.36. The van der Waals surface area contributed by atoms with Gasteiger partial charge in [-0.1, -0.05) is 137 Å². The van der Waals surface area contributed by atoms with Gasteiger partial charge >= 0.3 is 0 Å². The van der Waals surface area contributed by atoms with E-state index in [9.17, 15) is 0 Å². The molecule has 1 aliphatic rings. The number of nitrogens with zero attached hydrogens (tertiary/aromatic N) is 4. The molecule has 0 bridgehead atoms. The fourth-order valence-corrected chi connectivity index (χ4v) is 8.15. The Kier molecular flexibility index (Phi) is 9.58. The number of hydrogen-bond acceptors (Lipinski definition) is 4. The number of para-hydroxylation sites is 1. The van der Waals surface area contributed by atoms with Crippen LogP contribution in [0, 0.1) is 0 Å². The van der Waals surface area contributed by atoms with Crippen LogP contribution in [-0.2, 0) is 21.7 Å². The quantitative estimate of drug-likeness (QED) is 0.162. The molecule has 5 aromatic carbocycles. The van der Waals surface area contributed by atoms with Gasteiger partial charge < -0.3 is 14.5 Å². The van der Waals surface area contributed by atoms with Crippen LogP contribution < -0.4 is 14.5 Å². The van der Waals surface area contributed by atoms with Crippen molar-refractivity contribution >= 4 is 33.2 Å². The molecule has 0 atom stereocenters. The summed E-state index contributed by atoms with van der Waals surface area (Å²) in [6.45, 7) is 25.7. The van der Waals surface area contributed by atoms with Gasteiger partial charge in [-0.25, -0.2) is 4.98 Å². The molecule has 7 aromatic rings. The fraction of sp³-hybridized carbons (Fsp3) is 0.302. The van der Waals surface area contributed by atoms with Crippen molar-refractivity contribution in [3.8, 4) is 17.3 Å². The van der Waals surface area contributed by atoms with E-state index in [1.807, 2.05) is 6.20 Å². The predicted octanol–water partition coefficient (Wildman–Crippen LogP) is 14.0. The first-order valence-electron chi connectivity index (χ1n) is 20.6. The maximum atomic E-state index is 6.92. The first-order valence-corrected chi connectivity index (χ1v) is 20.6. The molecule has 0 saturated carbocycles. The summed E-state index contributed by atoms with van der Waals surface area (Å²) in [6.07, 6.45) is 4.28. The maximum Gasteiger partial charge on any atom is 0.137 e. The van der Waals surface area contributed by atoms with E-state index in [-0.39, 0.29) is 21.7 Å². The molecule has 0 saturated heterocycles. The van der Waals surface area contributed by atoms with E-state index < -0.39 is 0 Å². The summed E-state index contributed by atoms with van der Waals surface area (Å²) >= 11 is 0. The van der Waals surface area contributed by atoms with Gasteiger partial charge in [0, 0.05) is 57.8 Å². The molecule has 0 fully saturated rings. The Morgan fingerprint density at radius 3 is 1.86 bits per heavy atom. The Labute approximate surface area is 345 Å². The molecule has 8 rings (SSSR count). The Balaban J connectivity index is 1.22. The van der Waals surface area contributed by atoms with E-state index in [1.54, 1.807) is 0 Å². The molecule has 2 aromatic heterocycles. The lowest BCUT2D eigenvalue weighted by Crippen LogP contribution is -2.34. The second-order valence-corrected chi connectivity index (χ2v) is 19.6. The average Bonchev–Trinajstić information content (AvgIpc) is 3.78. The second-order valence-electron chi connectivity index (χ2n) is 19.6. The molecule has 3 heterocycles. The van der Waals surface area contributed by atoms with Crippen LogP contribution >= 0.6 is 0 Å². The number of aromatic nitrogens is 2. The topological polar surface area (TPSA) is 33.5 Å². The molecule has 1 aliphatic heterocycles. The third-order valence-electron chi connectivity index (χ3n) is 11.8. The lowest BCUT2D eigenvalue weighted by Gasteiger charge is -2.34. The molecular weight excluding hydrogens is 709 g/mol. The minimum atomic E-state index is -0.260. The summed E-state index contributed by atoms with van der Waals surface area (Å²) in [4.78, 5) is 9.78. The number of rotatable bonds is 7. The van der Waals surface area contributed by atoms with Crippen LogP contribution in [0.1, 0.15) is 98.4 Å². The minimum Gasteiger partial charge on any atom is -0.457 e. The molecule has 58 heavy (non-hydrogen) atoms. The Morgan fingerprint density at radius 2 is 1.14 bits per heavy atom. The van der Waals surface area contributed by atoms with Crippen LogP contribution in [0.25, 0.3) is 27.6 Å². The van der Waals surface area contributed by atoms with Crippen molar-refractivity contribution < 1.29 is 4.74 Å². The van der Waals surface area contributed by atoms with Gasteiger partial charge in [-0.15, -0.1) is 0 Å². The molecule has 0 N–H and O–H groups in total. The number of fused-ring (bicyclic) bond motifs is 3. The van der Waals surface area contributed by atoms with Crippen molar-refractivity contribution in [1.82, 2.24) is 9.55 Å². The number of allylic oxidation sites excluding steroid dienone is 1. The molecular formula is C53H58N4O. The van der Waals surface area contributed by atoms with Crippen molar-refractivity contribution in [3.63, 3.8) is 0 Å². The van der Waals surface area contributed by atoms with Crippen molar-refractivity contribution in [2.75, 3.05) is 16.5 Å². The van der Waals surface area contributed by atoms with Gasteiger partial charge in [0.25, 0.3) is 0 Å². The van der Waals surface area contributed by atoms with E-state index in [1.165, 1.54) is 44.4 Å². The van der Waals surface area contributed by atoms with Gasteiger partial charge in [-0.2, -0.15) is 0 Å². The van der Waals surface area contributed by atoms with Gasteiger partial charge in [0.15, 0.2) is 0 Å². The highest BCUT2D eigenvalue weighted by molar-refractivity contribution is 6.09. The van der Waals surface area contributed by atoms with Gasteiger partial charge in [-0.3, -0.25) is 4.57 Å². The summed E-state index contributed by atoms with van der Waals surface area (Å²) in [5.41, 5.74) is 10.4. The summed E-state index contributed by atoms with van der Waals surface area (Å²) in [7, 11) is 0. The smallest absolute Gasteiger partial charge is 0.137 e. The predicted molar refractivity (Wildman–Crippen MR) is 245 cm³/mol. The number of pyridine rings is 1. The van der Waals surface area contributed by atoms with Gasteiger partial charge in [0.2, 0.25) is 0 Å². The first kappa shape index (κ1) is 39.0. The third-order valence-corrected chi connectivity index (χ3v) is 11.8. The summed E-state index contributed by atoms with van der Waals surface area (Å²) in [5.74, 6) is 2.49. The molecule has 0 amide bonds. The maximum absolute atomic E-state index is 6.92. The third kappa shape index (κ3) is 7.39. The Morgan fingerprint density at radius 1 is 0.500 bits per heavy atom. The van der Waals surface area contributed by atoms with Crippen molar-refractivity contribution in [3.05, 3.63) is 168 Å². The van der Waals surface area contributed by atoms with Crippen LogP contribution in [0.15, 0.2) is 145 Å². The SMILES string of the molecule is CC(C)(C)c1cc(Oc2ccc3c4ccccc4n(-c4cc(C(C)(C)C)ccn4)c3c2)cc(N2C=C(C(C)(C)c3ccccc3)N(c3cccc(C(C)(C)C)c3)C2)c1. The standard InChI is InChI=1S/C53H58N4O/c1-50(2,3)37-20-17-21-40(28-37)56-35-55(34-48(56)53(10,11)36-18-13-12-14-19-36)41-29-39(52(7,8)9)30-43(32-41)58-42-24-25-45-44-22-15-16-23-46(44)57(47(45)33-42)49-31-38(26-27-54-49)51(4,5)6/h12-34H,35H2,1-11H3. The summed E-state index contributed by atoms with van der Waals surface area (Å²) in [6, 6.07) is 46.0. The monoisotopic (exact) mass is 766 g/mol. The zero-order valence-electron chi connectivity index (χ0n) is 36.2. The first-order chi connectivity index (χ1) is 27.4. The van der Waals surface area contributed by atoms with Gasteiger partial charge in [-0.05, 0) is 93.1 Å². The van der Waals surface area contributed by atoms with Crippen LogP contribution in [-0.4, -0.2) is 16.2 Å². The molecule has 0 aliphatic carbocycles. The highest BCUT2D eigenvalue weighted by Gasteiger charge is 2.36. The number of ether oxygens (including phenoxy) is 1. The molecule has 5 heteroatoms. The summed E-state index contributed by atoms with van der Waals surface area (Å²) < 4.78 is 9.20. The largest absolute Gasteiger partial charge is 0.457 e. The van der Waals surface area contributed by atoms with Crippen molar-refractivity contribution in [2.24, 2.45) is 0 Å². The Bertz CT molecular complexity index is 2660. The van der Waals surface area contributed by atoms with Crippen LogP contribution in [0.4, 0.5) is 11.4 Å².